The number of anilines is 2. The molecule has 1 fully saturated rings. The van der Waals surface area contributed by atoms with Crippen LogP contribution < -0.4 is 16.2 Å². The van der Waals surface area contributed by atoms with E-state index in [0.29, 0.717) is 11.7 Å². The number of hydrogen-bond acceptors (Lipinski definition) is 6. The molecule has 0 saturated carbocycles. The van der Waals surface area contributed by atoms with Gasteiger partial charge >= 0.3 is 0 Å². The van der Waals surface area contributed by atoms with Gasteiger partial charge in [-0.1, -0.05) is 20.8 Å². The van der Waals surface area contributed by atoms with Crippen molar-refractivity contribution in [1.29, 1.82) is 0 Å². The first-order valence-corrected chi connectivity index (χ1v) is 6.80. The van der Waals surface area contributed by atoms with Gasteiger partial charge in [-0.05, 0) is 12.3 Å². The predicted molar refractivity (Wildman–Crippen MR) is 75.9 cm³/mol. The van der Waals surface area contributed by atoms with Crippen molar-refractivity contribution in [3.8, 4) is 0 Å². The summed E-state index contributed by atoms with van der Waals surface area (Å²) in [5.74, 6) is 8.40. The highest BCUT2D eigenvalue weighted by atomic mass is 16.3. The Hall–Kier alpha value is -1.40. The number of aliphatic hydroxyl groups excluding tert-OH is 1. The molecule has 1 saturated heterocycles. The Kier molecular flexibility index (Phi) is 4.21. The molecule has 6 heteroatoms. The number of hydrogen-bond donors (Lipinski definition) is 3. The maximum absolute atomic E-state index is 9.55. The van der Waals surface area contributed by atoms with Gasteiger partial charge in [-0.15, -0.1) is 0 Å². The number of aliphatic hydroxyl groups is 1. The van der Waals surface area contributed by atoms with E-state index in [1.165, 1.54) is 0 Å². The first-order valence-electron chi connectivity index (χ1n) is 6.80. The molecule has 1 aliphatic rings. The van der Waals surface area contributed by atoms with Gasteiger partial charge in [-0.25, -0.2) is 15.8 Å². The third-order valence-corrected chi connectivity index (χ3v) is 3.76. The lowest BCUT2D eigenvalue weighted by molar-refractivity contribution is 0.244. The molecule has 0 spiro atoms. The molecule has 0 bridgehead atoms. The summed E-state index contributed by atoms with van der Waals surface area (Å²) in [6.07, 6.45) is 1.07. The highest BCUT2D eigenvalue weighted by molar-refractivity contribution is 5.50. The van der Waals surface area contributed by atoms with Crippen LogP contribution in [-0.2, 0) is 0 Å². The van der Waals surface area contributed by atoms with Gasteiger partial charge in [0, 0.05) is 18.5 Å². The molecule has 2 heterocycles. The lowest BCUT2D eigenvalue weighted by atomic mass is 10.0. The van der Waals surface area contributed by atoms with Gasteiger partial charge in [-0.3, -0.25) is 0 Å². The summed E-state index contributed by atoms with van der Waals surface area (Å²) in [7, 11) is 0. The van der Waals surface area contributed by atoms with Gasteiger partial charge < -0.3 is 15.4 Å². The smallest absolute Gasteiger partial charge is 0.145 e. The minimum Gasteiger partial charge on any atom is -0.394 e. The van der Waals surface area contributed by atoms with Crippen molar-refractivity contribution in [3.05, 3.63) is 11.9 Å². The summed E-state index contributed by atoms with van der Waals surface area (Å²) in [4.78, 5) is 11.1. The van der Waals surface area contributed by atoms with E-state index in [2.05, 4.69) is 41.1 Å². The fraction of sp³-hybridized carbons (Fsp3) is 0.692. The fourth-order valence-electron chi connectivity index (χ4n) is 2.50. The van der Waals surface area contributed by atoms with Crippen LogP contribution in [0.1, 0.15) is 38.9 Å². The van der Waals surface area contributed by atoms with E-state index in [0.717, 1.165) is 24.6 Å². The van der Waals surface area contributed by atoms with Crippen molar-refractivity contribution < 1.29 is 5.11 Å². The number of hydrazine groups is 1. The van der Waals surface area contributed by atoms with E-state index < -0.39 is 0 Å². The van der Waals surface area contributed by atoms with Crippen molar-refractivity contribution in [2.75, 3.05) is 23.5 Å². The Morgan fingerprint density at radius 2 is 2.26 bits per heavy atom. The molecule has 106 valence electrons. The molecule has 19 heavy (non-hydrogen) atoms. The van der Waals surface area contributed by atoms with Crippen molar-refractivity contribution in [1.82, 2.24) is 9.97 Å². The second-order valence-corrected chi connectivity index (χ2v) is 5.48. The third kappa shape index (κ3) is 2.79. The van der Waals surface area contributed by atoms with Crippen molar-refractivity contribution in [2.24, 2.45) is 11.8 Å². The first-order chi connectivity index (χ1) is 9.06. The summed E-state index contributed by atoms with van der Waals surface area (Å²) in [6, 6.07) is 1.97. The SMILES string of the molecule is CC(C)c1nc(NN)cc(N2CCC(C)C2CO)n1. The average molecular weight is 265 g/mol. The van der Waals surface area contributed by atoms with Crippen LogP contribution in [0.2, 0.25) is 0 Å². The van der Waals surface area contributed by atoms with E-state index in [-0.39, 0.29) is 18.6 Å². The van der Waals surface area contributed by atoms with Crippen LogP contribution in [-0.4, -0.2) is 34.3 Å². The summed E-state index contributed by atoms with van der Waals surface area (Å²) in [5.41, 5.74) is 2.59. The lowest BCUT2D eigenvalue weighted by Gasteiger charge is -2.27. The zero-order valence-electron chi connectivity index (χ0n) is 11.8. The topological polar surface area (TPSA) is 87.3 Å². The van der Waals surface area contributed by atoms with E-state index in [1.54, 1.807) is 0 Å². The van der Waals surface area contributed by atoms with E-state index in [9.17, 15) is 5.11 Å². The van der Waals surface area contributed by atoms with Gasteiger partial charge in [-0.2, -0.15) is 0 Å². The summed E-state index contributed by atoms with van der Waals surface area (Å²) < 4.78 is 0. The van der Waals surface area contributed by atoms with Crippen LogP contribution in [0.15, 0.2) is 6.07 Å². The standard InChI is InChI=1S/C13H23N5O/c1-8(2)13-15-11(17-14)6-12(16-13)18-5-4-9(3)10(18)7-19/h6,8-10,19H,4-5,7,14H2,1-3H3,(H,15,16,17). The summed E-state index contributed by atoms with van der Waals surface area (Å²) >= 11 is 0. The van der Waals surface area contributed by atoms with Gasteiger partial charge in [0.1, 0.15) is 17.5 Å². The van der Waals surface area contributed by atoms with Crippen molar-refractivity contribution in [2.45, 2.75) is 39.2 Å². The van der Waals surface area contributed by atoms with Crippen LogP contribution >= 0.6 is 0 Å². The second kappa shape index (κ2) is 5.71. The maximum atomic E-state index is 9.55. The summed E-state index contributed by atoms with van der Waals surface area (Å²) in [6.45, 7) is 7.32. The molecule has 1 aromatic rings. The van der Waals surface area contributed by atoms with Crippen LogP contribution in [0.25, 0.3) is 0 Å². The van der Waals surface area contributed by atoms with Crippen LogP contribution in [0, 0.1) is 5.92 Å². The molecule has 2 unspecified atom stereocenters. The van der Waals surface area contributed by atoms with E-state index in [4.69, 9.17) is 5.84 Å². The molecule has 0 radical (unpaired) electrons. The minimum absolute atomic E-state index is 0.125. The highest BCUT2D eigenvalue weighted by Gasteiger charge is 2.32. The number of nitrogen functional groups attached to an aromatic ring is 1. The van der Waals surface area contributed by atoms with Gasteiger partial charge in [0.05, 0.1) is 12.6 Å². The molecule has 2 atom stereocenters. The lowest BCUT2D eigenvalue weighted by Crippen LogP contribution is -2.36. The Morgan fingerprint density at radius 1 is 1.53 bits per heavy atom. The minimum atomic E-state index is 0.125. The third-order valence-electron chi connectivity index (χ3n) is 3.76. The zero-order valence-corrected chi connectivity index (χ0v) is 11.8. The Balaban J connectivity index is 2.35. The molecule has 0 aliphatic carbocycles. The van der Waals surface area contributed by atoms with Crippen molar-refractivity contribution >= 4 is 11.6 Å². The van der Waals surface area contributed by atoms with E-state index in [1.807, 2.05) is 6.07 Å². The molecule has 2 rings (SSSR count). The van der Waals surface area contributed by atoms with Gasteiger partial charge in [0.2, 0.25) is 0 Å². The Bertz CT molecular complexity index is 437. The van der Waals surface area contributed by atoms with Gasteiger partial charge in [0.25, 0.3) is 0 Å². The van der Waals surface area contributed by atoms with Crippen LogP contribution in [0.4, 0.5) is 11.6 Å². The van der Waals surface area contributed by atoms with E-state index >= 15 is 0 Å². The van der Waals surface area contributed by atoms with Gasteiger partial charge in [0.15, 0.2) is 0 Å². The number of nitrogens with one attached hydrogen (secondary N) is 1. The predicted octanol–water partition coefficient (Wildman–Crippen LogP) is 1.09. The second-order valence-electron chi connectivity index (χ2n) is 5.48. The molecular weight excluding hydrogens is 242 g/mol. The molecule has 6 nitrogen and oxygen atoms in total. The Morgan fingerprint density at radius 3 is 2.84 bits per heavy atom. The number of rotatable bonds is 4. The Labute approximate surface area is 114 Å². The normalized spacial score (nSPS) is 23.2. The largest absolute Gasteiger partial charge is 0.394 e. The monoisotopic (exact) mass is 265 g/mol. The molecule has 1 aliphatic heterocycles. The molecule has 0 amide bonds. The first kappa shape index (κ1) is 14.0. The molecule has 0 aromatic carbocycles. The number of nitrogens with two attached hydrogens (primary N) is 1. The highest BCUT2D eigenvalue weighted by Crippen LogP contribution is 2.30. The summed E-state index contributed by atoms with van der Waals surface area (Å²) in [5, 5.41) is 9.55. The average Bonchev–Trinajstić information content (AvgIpc) is 2.79. The van der Waals surface area contributed by atoms with Crippen molar-refractivity contribution in [3.63, 3.8) is 0 Å². The molecule has 4 N–H and O–H groups in total. The molecular formula is C13H23N5O. The number of aromatic nitrogens is 2. The molecule has 1 aromatic heterocycles. The fourth-order valence-corrected chi connectivity index (χ4v) is 2.50. The van der Waals surface area contributed by atoms with Crippen LogP contribution in [0.3, 0.4) is 0 Å². The zero-order chi connectivity index (χ0) is 14.0. The maximum Gasteiger partial charge on any atom is 0.145 e. The van der Waals surface area contributed by atoms with Crippen LogP contribution in [0.5, 0.6) is 0 Å². The quantitative estimate of drug-likeness (QED) is 0.558. The number of nitrogens with zero attached hydrogens (tertiary/aromatic N) is 3.